The summed E-state index contributed by atoms with van der Waals surface area (Å²) in [6, 6.07) is 0.263. The zero-order chi connectivity index (χ0) is 13.9. The molecule has 0 aliphatic rings. The molecule has 0 heterocycles. The number of alkyl halides is 3. The van der Waals surface area contributed by atoms with Crippen LogP contribution < -0.4 is 5.32 Å². The third-order valence-corrected chi connectivity index (χ3v) is 3.16. The van der Waals surface area contributed by atoms with Crippen LogP contribution in [0.4, 0.5) is 13.2 Å². The molecule has 1 nitrogen and oxygen atoms in total. The fourth-order valence-electron chi connectivity index (χ4n) is 2.18. The molecule has 1 atom stereocenters. The number of nitrogens with one attached hydrogen (secondary N) is 1. The minimum atomic E-state index is -4.00. The van der Waals surface area contributed by atoms with Crippen molar-refractivity contribution >= 4 is 0 Å². The molecule has 1 N–H and O–H groups in total. The van der Waals surface area contributed by atoms with Crippen LogP contribution in [0.15, 0.2) is 0 Å². The van der Waals surface area contributed by atoms with E-state index in [2.05, 4.69) is 12.2 Å². The summed E-state index contributed by atoms with van der Waals surface area (Å²) in [5.74, 6) is 0. The van der Waals surface area contributed by atoms with Crippen molar-refractivity contribution in [2.75, 3.05) is 6.54 Å². The molecule has 0 fully saturated rings. The van der Waals surface area contributed by atoms with Crippen LogP contribution in [0.1, 0.15) is 71.6 Å². The van der Waals surface area contributed by atoms with Gasteiger partial charge in [-0.2, -0.15) is 13.2 Å². The first-order chi connectivity index (χ1) is 8.49. The molecule has 0 saturated carbocycles. The Hall–Kier alpha value is -0.250. The maximum absolute atomic E-state index is 12.1. The van der Waals surface area contributed by atoms with Crippen LogP contribution in [0.3, 0.4) is 0 Å². The first kappa shape index (κ1) is 17.8. The lowest BCUT2D eigenvalue weighted by molar-refractivity contribution is -0.135. The van der Waals surface area contributed by atoms with Crippen molar-refractivity contribution in [3.05, 3.63) is 0 Å². The van der Waals surface area contributed by atoms with Crippen molar-refractivity contribution in [3.63, 3.8) is 0 Å². The van der Waals surface area contributed by atoms with Gasteiger partial charge in [-0.25, -0.2) is 0 Å². The number of unbranched alkanes of at least 4 members (excludes halogenated alkanes) is 4. The predicted octanol–water partition coefficient (Wildman–Crippen LogP) is 5.06. The van der Waals surface area contributed by atoms with Crippen LogP contribution in [0.2, 0.25) is 0 Å². The fraction of sp³-hybridized carbons (Fsp3) is 1.00. The third kappa shape index (κ3) is 12.2. The molecule has 0 amide bonds. The van der Waals surface area contributed by atoms with Crippen LogP contribution in [-0.2, 0) is 0 Å². The van der Waals surface area contributed by atoms with E-state index >= 15 is 0 Å². The summed E-state index contributed by atoms with van der Waals surface area (Å²) in [4.78, 5) is 0. The van der Waals surface area contributed by atoms with Gasteiger partial charge in [0.2, 0.25) is 0 Å². The Morgan fingerprint density at radius 1 is 0.889 bits per heavy atom. The molecule has 0 bridgehead atoms. The lowest BCUT2D eigenvalue weighted by atomic mass is 10.0. The molecule has 0 spiro atoms. The lowest BCUT2D eigenvalue weighted by Crippen LogP contribution is -2.29. The average Bonchev–Trinajstić information content (AvgIpc) is 2.27. The van der Waals surface area contributed by atoms with E-state index in [0.29, 0.717) is 6.42 Å². The van der Waals surface area contributed by atoms with Crippen molar-refractivity contribution in [1.29, 1.82) is 0 Å². The maximum Gasteiger partial charge on any atom is 0.389 e. The Morgan fingerprint density at radius 2 is 1.50 bits per heavy atom. The van der Waals surface area contributed by atoms with Crippen LogP contribution in [-0.4, -0.2) is 18.8 Å². The van der Waals surface area contributed by atoms with Crippen molar-refractivity contribution < 1.29 is 13.2 Å². The van der Waals surface area contributed by atoms with Gasteiger partial charge in [-0.05, 0) is 25.8 Å². The SMILES string of the molecule is CCCCCCCC(CCCC(F)(F)F)NCC. The van der Waals surface area contributed by atoms with Gasteiger partial charge in [0.1, 0.15) is 0 Å². The van der Waals surface area contributed by atoms with Crippen molar-refractivity contribution in [1.82, 2.24) is 5.32 Å². The van der Waals surface area contributed by atoms with Crippen LogP contribution in [0, 0.1) is 0 Å². The highest BCUT2D eigenvalue weighted by molar-refractivity contribution is 4.67. The molecule has 18 heavy (non-hydrogen) atoms. The summed E-state index contributed by atoms with van der Waals surface area (Å²) < 4.78 is 36.2. The second-order valence-corrected chi connectivity index (χ2v) is 4.96. The van der Waals surface area contributed by atoms with Crippen molar-refractivity contribution in [2.24, 2.45) is 0 Å². The van der Waals surface area contributed by atoms with Gasteiger partial charge >= 0.3 is 6.18 Å². The largest absolute Gasteiger partial charge is 0.389 e. The average molecular weight is 267 g/mol. The second-order valence-electron chi connectivity index (χ2n) is 4.96. The van der Waals surface area contributed by atoms with E-state index in [-0.39, 0.29) is 12.5 Å². The molecule has 0 aromatic heterocycles. The Bertz CT molecular complexity index is 180. The van der Waals surface area contributed by atoms with E-state index in [9.17, 15) is 13.2 Å². The number of rotatable bonds is 11. The smallest absolute Gasteiger partial charge is 0.314 e. The topological polar surface area (TPSA) is 12.0 Å². The highest BCUT2D eigenvalue weighted by Crippen LogP contribution is 2.23. The first-order valence-electron chi connectivity index (χ1n) is 7.29. The van der Waals surface area contributed by atoms with Gasteiger partial charge in [0.15, 0.2) is 0 Å². The minimum absolute atomic E-state index is 0.246. The first-order valence-corrected chi connectivity index (χ1v) is 7.29. The van der Waals surface area contributed by atoms with Gasteiger partial charge in [-0.15, -0.1) is 0 Å². The van der Waals surface area contributed by atoms with E-state index in [1.807, 2.05) is 6.92 Å². The Labute approximate surface area is 110 Å². The maximum atomic E-state index is 12.1. The van der Waals surface area contributed by atoms with Gasteiger partial charge in [0.25, 0.3) is 0 Å². The van der Waals surface area contributed by atoms with Crippen LogP contribution >= 0.6 is 0 Å². The molecule has 0 aromatic rings. The summed E-state index contributed by atoms with van der Waals surface area (Å²) in [6.07, 6.45) is 3.31. The molecule has 0 radical (unpaired) electrons. The highest BCUT2D eigenvalue weighted by atomic mass is 19.4. The van der Waals surface area contributed by atoms with Crippen molar-refractivity contribution in [2.45, 2.75) is 83.9 Å². The highest BCUT2D eigenvalue weighted by Gasteiger charge is 2.26. The Balaban J connectivity index is 3.64. The molecule has 0 aromatic carbocycles. The molecule has 0 aliphatic carbocycles. The number of halogens is 3. The van der Waals surface area contributed by atoms with Crippen LogP contribution in [0.25, 0.3) is 0 Å². The van der Waals surface area contributed by atoms with Crippen molar-refractivity contribution in [3.8, 4) is 0 Å². The molecular formula is C14H28F3N. The standard InChI is InChI=1S/C14H28F3N/c1-3-5-6-7-8-10-13(18-4-2)11-9-12-14(15,16)17/h13,18H,3-12H2,1-2H3. The van der Waals surface area contributed by atoms with E-state index in [4.69, 9.17) is 0 Å². The molecule has 0 saturated heterocycles. The summed E-state index contributed by atoms with van der Waals surface area (Å²) in [5.41, 5.74) is 0. The quantitative estimate of drug-likeness (QED) is 0.516. The Kier molecular flexibility index (Phi) is 10.5. The molecular weight excluding hydrogens is 239 g/mol. The van der Waals surface area contributed by atoms with E-state index in [1.165, 1.54) is 25.7 Å². The summed E-state index contributed by atoms with van der Waals surface area (Å²) in [5, 5.41) is 3.29. The number of hydrogen-bond donors (Lipinski definition) is 1. The van der Waals surface area contributed by atoms with Gasteiger partial charge in [0, 0.05) is 12.5 Å². The zero-order valence-electron chi connectivity index (χ0n) is 11.8. The van der Waals surface area contributed by atoms with E-state index in [0.717, 1.165) is 19.4 Å². The van der Waals surface area contributed by atoms with E-state index in [1.54, 1.807) is 0 Å². The molecule has 4 heteroatoms. The Morgan fingerprint density at radius 3 is 2.06 bits per heavy atom. The van der Waals surface area contributed by atoms with E-state index < -0.39 is 12.6 Å². The lowest BCUT2D eigenvalue weighted by Gasteiger charge is -2.18. The minimum Gasteiger partial charge on any atom is -0.314 e. The monoisotopic (exact) mass is 267 g/mol. The third-order valence-electron chi connectivity index (χ3n) is 3.16. The van der Waals surface area contributed by atoms with Gasteiger partial charge in [-0.1, -0.05) is 46.0 Å². The molecule has 0 aliphatic heterocycles. The van der Waals surface area contributed by atoms with Gasteiger partial charge < -0.3 is 5.32 Å². The molecule has 1 unspecified atom stereocenters. The summed E-state index contributed by atoms with van der Waals surface area (Å²) in [7, 11) is 0. The fourth-order valence-corrected chi connectivity index (χ4v) is 2.18. The number of hydrogen-bond acceptors (Lipinski definition) is 1. The molecule has 0 rings (SSSR count). The van der Waals surface area contributed by atoms with Gasteiger partial charge in [0.05, 0.1) is 0 Å². The van der Waals surface area contributed by atoms with Crippen LogP contribution in [0.5, 0.6) is 0 Å². The summed E-state index contributed by atoms with van der Waals surface area (Å²) in [6.45, 7) is 5.03. The normalized spacial score (nSPS) is 13.8. The predicted molar refractivity (Wildman–Crippen MR) is 70.7 cm³/mol. The summed E-state index contributed by atoms with van der Waals surface area (Å²) >= 11 is 0. The second kappa shape index (κ2) is 10.7. The zero-order valence-corrected chi connectivity index (χ0v) is 11.8. The van der Waals surface area contributed by atoms with Gasteiger partial charge in [-0.3, -0.25) is 0 Å². The molecule has 110 valence electrons.